The van der Waals surface area contributed by atoms with Gasteiger partial charge >= 0.3 is 11.9 Å². The van der Waals surface area contributed by atoms with Crippen molar-refractivity contribution in [2.75, 3.05) is 6.54 Å². The number of carboxylic acid groups (broad SMARTS) is 2. The van der Waals surface area contributed by atoms with E-state index in [4.69, 9.17) is 17.2 Å². The van der Waals surface area contributed by atoms with Crippen LogP contribution in [0, 0.1) is 5.92 Å². The van der Waals surface area contributed by atoms with Crippen LogP contribution in [-0.4, -0.2) is 81.5 Å². The first-order valence-corrected chi connectivity index (χ1v) is 13.5. The number of hydrogen-bond donors (Lipinski definition) is 9. The highest BCUT2D eigenvalue weighted by atomic mass is 16.4. The number of carboxylic acids is 2. The van der Waals surface area contributed by atoms with Crippen molar-refractivity contribution in [2.45, 2.75) is 70.1 Å². The number of nitrogens with zero attached hydrogens (tertiary/aromatic N) is 1. The lowest BCUT2D eigenvalue weighted by Crippen LogP contribution is -2.57. The quantitative estimate of drug-likeness (QED) is 0.0627. The number of aliphatic carboxylic acids is 2. The molecule has 3 amide bonds. The number of fused-ring (bicyclic) bond motifs is 1. The normalized spacial score (nSPS) is 13.9. The molecule has 1 aromatic heterocycles. The van der Waals surface area contributed by atoms with Gasteiger partial charge in [0.2, 0.25) is 17.7 Å². The van der Waals surface area contributed by atoms with Crippen molar-refractivity contribution in [3.8, 4) is 0 Å². The first kappa shape index (κ1) is 33.5. The van der Waals surface area contributed by atoms with E-state index in [2.05, 4.69) is 25.9 Å². The fourth-order valence-corrected chi connectivity index (χ4v) is 4.26. The van der Waals surface area contributed by atoms with Crippen LogP contribution in [0.15, 0.2) is 35.5 Å². The number of aliphatic imine (C=N–C) groups is 1. The molecule has 1 aromatic carbocycles. The average molecular weight is 589 g/mol. The van der Waals surface area contributed by atoms with Gasteiger partial charge in [0.05, 0.1) is 6.04 Å². The number of para-hydroxylation sites is 1. The van der Waals surface area contributed by atoms with E-state index < -0.39 is 66.2 Å². The van der Waals surface area contributed by atoms with Crippen molar-refractivity contribution in [3.05, 3.63) is 36.0 Å². The molecule has 2 aromatic rings. The number of nitrogens with one attached hydrogen (secondary N) is 4. The molecule has 4 unspecified atom stereocenters. The Labute approximate surface area is 242 Å². The minimum absolute atomic E-state index is 0.0263. The number of aromatic amines is 1. The van der Waals surface area contributed by atoms with E-state index in [-0.39, 0.29) is 38.2 Å². The summed E-state index contributed by atoms with van der Waals surface area (Å²) in [5.41, 5.74) is 18.5. The molecular formula is C27H40N8O7. The Morgan fingerprint density at radius 1 is 0.929 bits per heavy atom. The zero-order valence-electron chi connectivity index (χ0n) is 23.6. The Kier molecular flexibility index (Phi) is 12.7. The minimum atomic E-state index is -1.34. The van der Waals surface area contributed by atoms with Crippen molar-refractivity contribution in [3.63, 3.8) is 0 Å². The number of rotatable bonds is 17. The summed E-state index contributed by atoms with van der Waals surface area (Å²) in [6.45, 7) is 3.36. The van der Waals surface area contributed by atoms with E-state index in [1.807, 2.05) is 24.3 Å². The number of benzene rings is 1. The summed E-state index contributed by atoms with van der Waals surface area (Å²) >= 11 is 0. The van der Waals surface area contributed by atoms with E-state index >= 15 is 0 Å². The van der Waals surface area contributed by atoms with E-state index in [1.54, 1.807) is 20.0 Å². The van der Waals surface area contributed by atoms with Gasteiger partial charge in [-0.25, -0.2) is 4.79 Å². The lowest BCUT2D eigenvalue weighted by Gasteiger charge is -2.26. The maximum atomic E-state index is 13.3. The number of aromatic nitrogens is 1. The summed E-state index contributed by atoms with van der Waals surface area (Å²) in [5.74, 6) is -5.35. The minimum Gasteiger partial charge on any atom is -0.481 e. The standard InChI is InChI=1S/C27H40N8O7/c1-14(2)22(26(41)42)35-25(40)19(8-5-11-31-27(29)30)34-24(39)20(9-10-21(36)37)33-23(38)17(28)12-15-13-32-18-7-4-3-6-16(15)18/h3-4,6-7,13-14,17,19-20,22,32H,5,8-12,28H2,1-2H3,(H,33,38)(H,34,39)(H,35,40)(H,36,37)(H,41,42)(H4,29,30,31). The van der Waals surface area contributed by atoms with Crippen LogP contribution in [0.5, 0.6) is 0 Å². The summed E-state index contributed by atoms with van der Waals surface area (Å²) in [6, 6.07) is 2.61. The van der Waals surface area contributed by atoms with Gasteiger partial charge in [0.1, 0.15) is 18.1 Å². The van der Waals surface area contributed by atoms with E-state index in [1.165, 1.54) is 0 Å². The second-order valence-electron chi connectivity index (χ2n) is 10.2. The van der Waals surface area contributed by atoms with Crippen molar-refractivity contribution >= 4 is 46.5 Å². The SMILES string of the molecule is CC(C)C(NC(=O)C(CCCN=C(N)N)NC(=O)C(CCC(=O)O)NC(=O)C(N)Cc1c[nH]c2ccccc12)C(=O)O. The van der Waals surface area contributed by atoms with Gasteiger partial charge in [-0.3, -0.25) is 24.2 Å². The molecule has 230 valence electrons. The molecule has 4 atom stereocenters. The second-order valence-corrected chi connectivity index (χ2v) is 10.2. The fraction of sp³-hybridized carbons (Fsp3) is 0.481. The van der Waals surface area contributed by atoms with Gasteiger partial charge in [0.15, 0.2) is 5.96 Å². The average Bonchev–Trinajstić information content (AvgIpc) is 3.32. The van der Waals surface area contributed by atoms with Gasteiger partial charge < -0.3 is 48.3 Å². The van der Waals surface area contributed by atoms with Crippen molar-refractivity contribution in [1.29, 1.82) is 0 Å². The first-order valence-electron chi connectivity index (χ1n) is 13.5. The van der Waals surface area contributed by atoms with Gasteiger partial charge in [-0.1, -0.05) is 32.0 Å². The molecule has 0 fully saturated rings. The summed E-state index contributed by atoms with van der Waals surface area (Å²) in [6.07, 6.45) is 1.42. The van der Waals surface area contributed by atoms with Crippen molar-refractivity contribution in [1.82, 2.24) is 20.9 Å². The zero-order chi connectivity index (χ0) is 31.4. The van der Waals surface area contributed by atoms with Crippen LogP contribution in [-0.2, 0) is 30.4 Å². The van der Waals surface area contributed by atoms with Gasteiger partial charge in [-0.05, 0) is 43.2 Å². The summed E-state index contributed by atoms with van der Waals surface area (Å²) < 4.78 is 0. The third-order valence-electron chi connectivity index (χ3n) is 6.54. The highest BCUT2D eigenvalue weighted by molar-refractivity contribution is 5.94. The molecule has 42 heavy (non-hydrogen) atoms. The monoisotopic (exact) mass is 588 g/mol. The Bertz CT molecular complexity index is 1290. The number of carbonyl (C=O) groups excluding carboxylic acids is 3. The number of H-pyrrole nitrogens is 1. The lowest BCUT2D eigenvalue weighted by molar-refractivity contribution is -0.143. The molecule has 0 radical (unpaired) electrons. The third kappa shape index (κ3) is 10.4. The smallest absolute Gasteiger partial charge is 0.326 e. The molecule has 0 aliphatic rings. The number of nitrogens with two attached hydrogens (primary N) is 3. The second kappa shape index (κ2) is 16.0. The molecule has 0 saturated heterocycles. The molecule has 12 N–H and O–H groups in total. The van der Waals surface area contributed by atoms with Crippen LogP contribution < -0.4 is 33.2 Å². The van der Waals surface area contributed by atoms with Gasteiger partial charge in [-0.2, -0.15) is 0 Å². The molecule has 0 aliphatic heterocycles. The van der Waals surface area contributed by atoms with Gasteiger partial charge in [0, 0.05) is 30.1 Å². The Morgan fingerprint density at radius 2 is 1.55 bits per heavy atom. The Hall–Kier alpha value is -4.66. The van der Waals surface area contributed by atoms with Crippen LogP contribution >= 0.6 is 0 Å². The number of guanidine groups is 1. The van der Waals surface area contributed by atoms with Crippen LogP contribution in [0.4, 0.5) is 0 Å². The van der Waals surface area contributed by atoms with Crippen LogP contribution in [0.3, 0.4) is 0 Å². The lowest BCUT2D eigenvalue weighted by atomic mass is 10.0. The van der Waals surface area contributed by atoms with Gasteiger partial charge in [0.25, 0.3) is 0 Å². The highest BCUT2D eigenvalue weighted by Gasteiger charge is 2.31. The highest BCUT2D eigenvalue weighted by Crippen LogP contribution is 2.19. The molecule has 2 rings (SSSR count). The maximum absolute atomic E-state index is 13.3. The number of hydrogen-bond acceptors (Lipinski definition) is 7. The molecule has 0 spiro atoms. The largest absolute Gasteiger partial charge is 0.481 e. The predicted octanol–water partition coefficient (Wildman–Crippen LogP) is -0.849. The van der Waals surface area contributed by atoms with Crippen LogP contribution in [0.25, 0.3) is 10.9 Å². The molecule has 0 saturated carbocycles. The summed E-state index contributed by atoms with van der Waals surface area (Å²) in [7, 11) is 0. The molecule has 0 aliphatic carbocycles. The van der Waals surface area contributed by atoms with Gasteiger partial charge in [-0.15, -0.1) is 0 Å². The number of carbonyl (C=O) groups is 5. The van der Waals surface area contributed by atoms with Crippen LogP contribution in [0.2, 0.25) is 0 Å². The third-order valence-corrected chi connectivity index (χ3v) is 6.54. The Balaban J connectivity index is 2.18. The van der Waals surface area contributed by atoms with E-state index in [9.17, 15) is 34.2 Å². The van der Waals surface area contributed by atoms with Crippen molar-refractivity contribution in [2.24, 2.45) is 28.1 Å². The van der Waals surface area contributed by atoms with Crippen molar-refractivity contribution < 1.29 is 34.2 Å². The molecule has 1 heterocycles. The maximum Gasteiger partial charge on any atom is 0.326 e. The Morgan fingerprint density at radius 3 is 2.17 bits per heavy atom. The zero-order valence-corrected chi connectivity index (χ0v) is 23.6. The molecule has 15 heteroatoms. The molecule has 15 nitrogen and oxygen atoms in total. The topological polar surface area (TPSA) is 268 Å². The number of amides is 3. The molecular weight excluding hydrogens is 548 g/mol. The predicted molar refractivity (Wildman–Crippen MR) is 155 cm³/mol. The van der Waals surface area contributed by atoms with E-state index in [0.717, 1.165) is 16.5 Å². The van der Waals surface area contributed by atoms with Crippen LogP contribution in [0.1, 0.15) is 45.1 Å². The first-order chi connectivity index (χ1) is 19.8. The summed E-state index contributed by atoms with van der Waals surface area (Å²) in [4.78, 5) is 69.2. The summed E-state index contributed by atoms with van der Waals surface area (Å²) in [5, 5.41) is 27.0. The van der Waals surface area contributed by atoms with E-state index in [0.29, 0.717) is 0 Å². The molecule has 0 bridgehead atoms. The fourth-order valence-electron chi connectivity index (χ4n) is 4.26.